The molecule has 0 bridgehead atoms. The van der Waals surface area contributed by atoms with E-state index in [2.05, 4.69) is 15.4 Å². The molecule has 1 aromatic rings. The summed E-state index contributed by atoms with van der Waals surface area (Å²) in [4.78, 5) is 0. The van der Waals surface area contributed by atoms with E-state index in [0.29, 0.717) is 5.69 Å². The fourth-order valence-corrected chi connectivity index (χ4v) is 2.55. The monoisotopic (exact) mass is 291 g/mol. The molecule has 1 heterocycles. The summed E-state index contributed by atoms with van der Waals surface area (Å²) in [5.74, 6) is 0. The Balaban J connectivity index is 0.00000162. The first kappa shape index (κ1) is 15.2. The zero-order valence-corrected chi connectivity index (χ0v) is 11.8. The standard InChI is InChI=1S/C11H17N3O2S.ClH/c1-17(15,16)14-10-5-3-2-4-9(10)11-8-12-6-7-13-11;/h2-5,11-14H,6-8H2,1H3;1H. The maximum absolute atomic E-state index is 11.3. The van der Waals surface area contributed by atoms with Crippen molar-refractivity contribution in [2.24, 2.45) is 0 Å². The molecule has 0 aliphatic carbocycles. The lowest BCUT2D eigenvalue weighted by molar-refractivity contribution is 0.431. The van der Waals surface area contributed by atoms with Gasteiger partial charge in [0, 0.05) is 25.7 Å². The minimum Gasteiger partial charge on any atom is -0.314 e. The van der Waals surface area contributed by atoms with Crippen molar-refractivity contribution in [3.05, 3.63) is 29.8 Å². The first-order valence-corrected chi connectivity index (χ1v) is 7.46. The zero-order valence-electron chi connectivity index (χ0n) is 10.1. The minimum atomic E-state index is -3.24. The van der Waals surface area contributed by atoms with Crippen LogP contribution in [0.5, 0.6) is 0 Å². The van der Waals surface area contributed by atoms with Gasteiger partial charge in [0.1, 0.15) is 0 Å². The molecular weight excluding hydrogens is 274 g/mol. The van der Waals surface area contributed by atoms with Crippen molar-refractivity contribution >= 4 is 28.1 Å². The molecule has 1 aromatic carbocycles. The molecule has 1 saturated heterocycles. The van der Waals surface area contributed by atoms with Crippen molar-refractivity contribution in [3.63, 3.8) is 0 Å². The van der Waals surface area contributed by atoms with Crippen LogP contribution in [-0.4, -0.2) is 34.3 Å². The van der Waals surface area contributed by atoms with E-state index < -0.39 is 10.0 Å². The maximum Gasteiger partial charge on any atom is 0.229 e. The van der Waals surface area contributed by atoms with E-state index in [0.717, 1.165) is 31.5 Å². The Bertz CT molecular complexity index is 487. The average Bonchev–Trinajstić information content (AvgIpc) is 2.29. The van der Waals surface area contributed by atoms with Crippen LogP contribution in [-0.2, 0) is 10.0 Å². The summed E-state index contributed by atoms with van der Waals surface area (Å²) in [5.41, 5.74) is 1.63. The molecule has 0 aromatic heterocycles. The number of hydrogen-bond donors (Lipinski definition) is 3. The number of anilines is 1. The second kappa shape index (κ2) is 6.38. The van der Waals surface area contributed by atoms with Crippen molar-refractivity contribution in [1.29, 1.82) is 0 Å². The van der Waals surface area contributed by atoms with Crippen LogP contribution in [0.15, 0.2) is 24.3 Å². The number of benzene rings is 1. The Morgan fingerprint density at radius 1 is 1.28 bits per heavy atom. The van der Waals surface area contributed by atoms with Gasteiger partial charge >= 0.3 is 0 Å². The van der Waals surface area contributed by atoms with Gasteiger partial charge in [0.25, 0.3) is 0 Å². The Hall–Kier alpha value is -0.820. The van der Waals surface area contributed by atoms with Crippen LogP contribution in [0.1, 0.15) is 11.6 Å². The van der Waals surface area contributed by atoms with E-state index in [-0.39, 0.29) is 18.4 Å². The van der Waals surface area contributed by atoms with Crippen molar-refractivity contribution in [1.82, 2.24) is 10.6 Å². The van der Waals surface area contributed by atoms with Gasteiger partial charge in [-0.2, -0.15) is 0 Å². The Morgan fingerprint density at radius 3 is 2.61 bits per heavy atom. The minimum absolute atomic E-state index is 0. The van der Waals surface area contributed by atoms with E-state index in [9.17, 15) is 8.42 Å². The Labute approximate surface area is 114 Å². The fraction of sp³-hybridized carbons (Fsp3) is 0.455. The van der Waals surface area contributed by atoms with Gasteiger partial charge < -0.3 is 10.6 Å². The molecule has 0 amide bonds. The molecule has 0 saturated carbocycles. The van der Waals surface area contributed by atoms with Crippen LogP contribution in [0, 0.1) is 0 Å². The SMILES string of the molecule is CS(=O)(=O)Nc1ccccc1C1CNCCN1.Cl. The van der Waals surface area contributed by atoms with Crippen LogP contribution in [0.25, 0.3) is 0 Å². The number of sulfonamides is 1. The molecule has 3 N–H and O–H groups in total. The lowest BCUT2D eigenvalue weighted by atomic mass is 10.0. The normalized spacial score (nSPS) is 19.9. The summed E-state index contributed by atoms with van der Waals surface area (Å²) in [6.45, 7) is 2.64. The summed E-state index contributed by atoms with van der Waals surface area (Å²) < 4.78 is 25.1. The predicted molar refractivity (Wildman–Crippen MR) is 75.8 cm³/mol. The molecule has 7 heteroatoms. The van der Waals surface area contributed by atoms with E-state index >= 15 is 0 Å². The summed E-state index contributed by atoms with van der Waals surface area (Å²) in [6.07, 6.45) is 1.16. The number of rotatable bonds is 3. The quantitative estimate of drug-likeness (QED) is 0.767. The fourth-order valence-electron chi connectivity index (χ4n) is 1.97. The van der Waals surface area contributed by atoms with Gasteiger partial charge in [0.15, 0.2) is 0 Å². The molecule has 1 unspecified atom stereocenters. The summed E-state index contributed by atoms with van der Waals surface area (Å²) in [7, 11) is -3.24. The molecule has 18 heavy (non-hydrogen) atoms. The van der Waals surface area contributed by atoms with Gasteiger partial charge in [0.05, 0.1) is 11.9 Å². The summed E-state index contributed by atoms with van der Waals surface area (Å²) in [5, 5.41) is 6.65. The van der Waals surface area contributed by atoms with Crippen molar-refractivity contribution in [2.45, 2.75) is 6.04 Å². The van der Waals surface area contributed by atoms with Gasteiger partial charge in [-0.3, -0.25) is 4.72 Å². The number of halogens is 1. The van der Waals surface area contributed by atoms with Crippen molar-refractivity contribution in [2.75, 3.05) is 30.6 Å². The molecule has 0 spiro atoms. The third-order valence-corrected chi connectivity index (χ3v) is 3.26. The largest absolute Gasteiger partial charge is 0.314 e. The van der Waals surface area contributed by atoms with E-state index in [1.807, 2.05) is 18.2 Å². The van der Waals surface area contributed by atoms with Crippen molar-refractivity contribution < 1.29 is 8.42 Å². The van der Waals surface area contributed by atoms with E-state index in [1.54, 1.807) is 6.07 Å². The van der Waals surface area contributed by atoms with Crippen molar-refractivity contribution in [3.8, 4) is 0 Å². The first-order chi connectivity index (χ1) is 8.06. The smallest absolute Gasteiger partial charge is 0.229 e. The molecule has 1 fully saturated rings. The molecule has 1 atom stereocenters. The van der Waals surface area contributed by atoms with Gasteiger partial charge in [-0.1, -0.05) is 18.2 Å². The zero-order chi connectivity index (χ0) is 12.3. The third-order valence-electron chi connectivity index (χ3n) is 2.67. The molecule has 1 aliphatic heterocycles. The highest BCUT2D eigenvalue weighted by Crippen LogP contribution is 2.23. The summed E-state index contributed by atoms with van der Waals surface area (Å²) in [6, 6.07) is 7.62. The average molecular weight is 292 g/mol. The number of nitrogens with one attached hydrogen (secondary N) is 3. The Morgan fingerprint density at radius 2 is 2.00 bits per heavy atom. The highest BCUT2D eigenvalue weighted by atomic mass is 35.5. The second-order valence-electron chi connectivity index (χ2n) is 4.17. The number of hydrogen-bond acceptors (Lipinski definition) is 4. The Kier molecular flexibility index (Phi) is 5.40. The molecule has 5 nitrogen and oxygen atoms in total. The van der Waals surface area contributed by atoms with Gasteiger partial charge in [0.2, 0.25) is 10.0 Å². The van der Waals surface area contributed by atoms with Gasteiger partial charge in [-0.25, -0.2) is 8.42 Å². The highest BCUT2D eigenvalue weighted by Gasteiger charge is 2.18. The number of para-hydroxylation sites is 1. The highest BCUT2D eigenvalue weighted by molar-refractivity contribution is 7.92. The van der Waals surface area contributed by atoms with Crippen LogP contribution in [0.4, 0.5) is 5.69 Å². The van der Waals surface area contributed by atoms with Crippen LogP contribution >= 0.6 is 12.4 Å². The maximum atomic E-state index is 11.3. The van der Waals surface area contributed by atoms with E-state index in [1.165, 1.54) is 0 Å². The van der Waals surface area contributed by atoms with Gasteiger partial charge in [-0.05, 0) is 11.6 Å². The molecule has 0 radical (unpaired) electrons. The lowest BCUT2D eigenvalue weighted by Crippen LogP contribution is -2.42. The predicted octanol–water partition coefficient (Wildman–Crippen LogP) is 0.714. The third kappa shape index (κ3) is 4.13. The van der Waals surface area contributed by atoms with Crippen LogP contribution in [0.3, 0.4) is 0 Å². The second-order valence-corrected chi connectivity index (χ2v) is 5.92. The molecule has 1 aliphatic rings. The van der Waals surface area contributed by atoms with Crippen LogP contribution in [0.2, 0.25) is 0 Å². The van der Waals surface area contributed by atoms with E-state index in [4.69, 9.17) is 0 Å². The molecule has 2 rings (SSSR count). The summed E-state index contributed by atoms with van der Waals surface area (Å²) >= 11 is 0. The molecular formula is C11H18ClN3O2S. The first-order valence-electron chi connectivity index (χ1n) is 5.57. The molecule has 102 valence electrons. The van der Waals surface area contributed by atoms with Gasteiger partial charge in [-0.15, -0.1) is 12.4 Å². The lowest BCUT2D eigenvalue weighted by Gasteiger charge is -2.26. The topological polar surface area (TPSA) is 70.2 Å². The van der Waals surface area contributed by atoms with Crippen LogP contribution < -0.4 is 15.4 Å². The number of piperazine rings is 1.